The SMILES string of the molecule is C1=[N+]2c3ccccc3[P+](c3ccccc3)(c3ccccc3)[C@@H]2Oc2ccc3ccccc3c21. The van der Waals surface area contributed by atoms with Gasteiger partial charge in [0.1, 0.15) is 16.4 Å². The number of hydrogen-bond acceptors (Lipinski definition) is 1. The number of hydrogen-bond donors (Lipinski definition) is 0. The van der Waals surface area contributed by atoms with Gasteiger partial charge in [-0.1, -0.05) is 78.9 Å². The molecule has 0 saturated carbocycles. The van der Waals surface area contributed by atoms with Crippen molar-refractivity contribution in [3.63, 3.8) is 0 Å². The number of rotatable bonds is 2. The summed E-state index contributed by atoms with van der Waals surface area (Å²) < 4.78 is 9.40. The van der Waals surface area contributed by atoms with Crippen LogP contribution in [0.3, 0.4) is 0 Å². The highest BCUT2D eigenvalue weighted by molar-refractivity contribution is 7.96. The summed E-state index contributed by atoms with van der Waals surface area (Å²) in [5, 5.41) is 6.51. The highest BCUT2D eigenvalue weighted by atomic mass is 31.2. The van der Waals surface area contributed by atoms with Gasteiger partial charge in [0.25, 0.3) is 5.69 Å². The van der Waals surface area contributed by atoms with Crippen LogP contribution in [0.4, 0.5) is 5.69 Å². The van der Waals surface area contributed by atoms with E-state index < -0.39 is 7.26 Å². The number of benzene rings is 5. The van der Waals surface area contributed by atoms with Crippen LogP contribution < -0.4 is 20.7 Å². The molecule has 2 heterocycles. The Morgan fingerprint density at radius 3 is 2.00 bits per heavy atom. The Morgan fingerprint density at radius 1 is 0.606 bits per heavy atom. The Labute approximate surface area is 193 Å². The first-order valence-electron chi connectivity index (χ1n) is 11.3. The molecule has 0 fully saturated rings. The lowest BCUT2D eigenvalue weighted by Gasteiger charge is -2.26. The van der Waals surface area contributed by atoms with Crippen LogP contribution in [0.15, 0.2) is 121 Å². The normalized spacial score (nSPS) is 17.5. The van der Waals surface area contributed by atoms with Crippen LogP contribution >= 0.6 is 7.26 Å². The maximum absolute atomic E-state index is 7.02. The highest BCUT2D eigenvalue weighted by Gasteiger charge is 2.69. The molecule has 0 amide bonds. The minimum atomic E-state index is -2.12. The third-order valence-electron chi connectivity index (χ3n) is 6.87. The van der Waals surface area contributed by atoms with Crippen LogP contribution in [0.25, 0.3) is 10.8 Å². The van der Waals surface area contributed by atoms with Crippen LogP contribution in [-0.4, -0.2) is 16.8 Å². The average Bonchev–Trinajstić information content (AvgIpc) is 3.19. The van der Waals surface area contributed by atoms with E-state index in [0.29, 0.717) is 0 Å². The first kappa shape index (κ1) is 18.8. The number of ether oxygens (including phenoxy) is 1. The molecule has 5 aromatic rings. The monoisotopic (exact) mass is 443 g/mol. The quantitative estimate of drug-likeness (QED) is 0.256. The van der Waals surface area contributed by atoms with Gasteiger partial charge in [0, 0.05) is 6.07 Å². The van der Waals surface area contributed by atoms with Crippen molar-refractivity contribution in [2.24, 2.45) is 0 Å². The third kappa shape index (κ3) is 2.56. The molecule has 5 aromatic carbocycles. The molecule has 0 N–H and O–H groups in total. The summed E-state index contributed by atoms with van der Waals surface area (Å²) in [6.45, 7) is 0. The Bertz CT molecular complexity index is 1500. The standard InChI is InChI=1S/C30H22NOP/c1-3-12-23(13-4-1)33(24-14-5-2-6-15-24)29-18-10-9-17-27(29)31-21-26-25-16-8-7-11-22(25)19-20-28(26)32-30(31)33/h1-21,30H/q+2/t30-/m0/s1. The predicted molar refractivity (Wildman–Crippen MR) is 139 cm³/mol. The van der Waals surface area contributed by atoms with Crippen LogP contribution in [-0.2, 0) is 0 Å². The molecule has 2 aliphatic rings. The summed E-state index contributed by atoms with van der Waals surface area (Å²) in [5.41, 5.74) is 2.39. The topological polar surface area (TPSA) is 12.2 Å². The van der Waals surface area contributed by atoms with E-state index in [1.807, 2.05) is 0 Å². The molecule has 0 aliphatic carbocycles. The fourth-order valence-corrected chi connectivity index (χ4v) is 10.0. The van der Waals surface area contributed by atoms with Crippen molar-refractivity contribution >= 4 is 45.9 Å². The first-order chi connectivity index (χ1) is 16.4. The molecule has 0 spiro atoms. The molecule has 0 saturated heterocycles. The van der Waals surface area contributed by atoms with Gasteiger partial charge >= 0.3 is 5.97 Å². The third-order valence-corrected chi connectivity index (χ3v) is 11.2. The van der Waals surface area contributed by atoms with Crippen LogP contribution in [0.1, 0.15) is 5.56 Å². The van der Waals surface area contributed by atoms with Crippen molar-refractivity contribution in [3.8, 4) is 5.75 Å². The van der Waals surface area contributed by atoms with E-state index in [0.717, 1.165) is 11.3 Å². The number of para-hydroxylation sites is 1. The van der Waals surface area contributed by atoms with E-state index >= 15 is 0 Å². The molecule has 3 heteroatoms. The molecule has 0 unspecified atom stereocenters. The lowest BCUT2D eigenvalue weighted by Crippen LogP contribution is -2.41. The summed E-state index contributed by atoms with van der Waals surface area (Å²) in [6.07, 6.45) is 2.32. The maximum Gasteiger partial charge on any atom is 0.419 e. The molecule has 0 aromatic heterocycles. The summed E-state index contributed by atoms with van der Waals surface area (Å²) in [7, 11) is -2.12. The summed E-state index contributed by atoms with van der Waals surface area (Å²) in [5.74, 6) is 0.840. The van der Waals surface area contributed by atoms with Crippen molar-refractivity contribution in [2.45, 2.75) is 5.97 Å². The van der Waals surface area contributed by atoms with Crippen LogP contribution in [0.2, 0.25) is 0 Å². The molecule has 0 radical (unpaired) electrons. The van der Waals surface area contributed by atoms with E-state index in [1.165, 1.54) is 32.4 Å². The Hall–Kier alpha value is -3.74. The predicted octanol–water partition coefficient (Wildman–Crippen LogP) is 5.59. The van der Waals surface area contributed by atoms with Gasteiger partial charge in [-0.15, -0.1) is 4.58 Å². The van der Waals surface area contributed by atoms with Crippen molar-refractivity contribution < 1.29 is 9.31 Å². The van der Waals surface area contributed by atoms with Crippen LogP contribution in [0, 0.1) is 0 Å². The molecule has 7 rings (SSSR count). The van der Waals surface area contributed by atoms with Gasteiger partial charge in [-0.2, -0.15) is 0 Å². The molecular formula is C30H22NOP+2. The van der Waals surface area contributed by atoms with Gasteiger partial charge in [0.2, 0.25) is 7.26 Å². The van der Waals surface area contributed by atoms with E-state index in [1.54, 1.807) is 0 Å². The van der Waals surface area contributed by atoms with E-state index in [2.05, 4.69) is 132 Å². The fourth-order valence-electron chi connectivity index (χ4n) is 5.45. The van der Waals surface area contributed by atoms with Gasteiger partial charge in [-0.3, -0.25) is 0 Å². The number of nitrogens with zero attached hydrogens (tertiary/aromatic N) is 1. The van der Waals surface area contributed by atoms with Crippen molar-refractivity contribution in [1.82, 2.24) is 0 Å². The average molecular weight is 443 g/mol. The second-order valence-corrected chi connectivity index (χ2v) is 12.0. The lowest BCUT2D eigenvalue weighted by atomic mass is 10.0. The largest absolute Gasteiger partial charge is 0.419 e. The second-order valence-electron chi connectivity index (χ2n) is 8.56. The molecular weight excluding hydrogens is 421 g/mol. The van der Waals surface area contributed by atoms with E-state index in [9.17, 15) is 0 Å². The Balaban J connectivity index is 1.58. The Morgan fingerprint density at radius 2 is 1.24 bits per heavy atom. The second kappa shape index (κ2) is 7.13. The van der Waals surface area contributed by atoms with Gasteiger partial charge in [0.05, 0.1) is 5.56 Å². The Kier molecular flexibility index (Phi) is 4.06. The summed E-state index contributed by atoms with van der Waals surface area (Å²) >= 11 is 0. The molecule has 2 nitrogen and oxygen atoms in total. The highest BCUT2D eigenvalue weighted by Crippen LogP contribution is 2.66. The number of fused-ring (bicyclic) bond motifs is 6. The smallest absolute Gasteiger partial charge is 0.403 e. The molecule has 156 valence electrons. The molecule has 33 heavy (non-hydrogen) atoms. The minimum absolute atomic E-state index is 0.117. The van der Waals surface area contributed by atoms with Gasteiger partial charge in [-0.25, -0.2) is 0 Å². The van der Waals surface area contributed by atoms with Gasteiger partial charge in [0.15, 0.2) is 11.5 Å². The molecule has 1 atom stereocenters. The van der Waals surface area contributed by atoms with Crippen molar-refractivity contribution in [3.05, 3.63) is 127 Å². The zero-order valence-corrected chi connectivity index (χ0v) is 18.9. The van der Waals surface area contributed by atoms with Crippen molar-refractivity contribution in [2.75, 3.05) is 0 Å². The van der Waals surface area contributed by atoms with E-state index in [4.69, 9.17) is 4.74 Å². The van der Waals surface area contributed by atoms with E-state index in [-0.39, 0.29) is 5.97 Å². The fraction of sp³-hybridized carbons (Fsp3) is 0.0333. The van der Waals surface area contributed by atoms with Gasteiger partial charge < -0.3 is 4.74 Å². The first-order valence-corrected chi connectivity index (χ1v) is 13.1. The van der Waals surface area contributed by atoms with Crippen LogP contribution in [0.5, 0.6) is 5.75 Å². The zero-order chi connectivity index (χ0) is 21.8. The summed E-state index contributed by atoms with van der Waals surface area (Å²) in [4.78, 5) is 0. The van der Waals surface area contributed by atoms with Crippen molar-refractivity contribution in [1.29, 1.82) is 0 Å². The van der Waals surface area contributed by atoms with Gasteiger partial charge in [-0.05, 0) is 47.2 Å². The molecule has 2 aliphatic heterocycles. The zero-order valence-electron chi connectivity index (χ0n) is 18.0. The maximum atomic E-state index is 7.02. The molecule has 0 bridgehead atoms. The summed E-state index contributed by atoms with van der Waals surface area (Å²) in [6, 6.07) is 43.6. The lowest BCUT2D eigenvalue weighted by molar-refractivity contribution is -0.492. The minimum Gasteiger partial charge on any atom is -0.403 e.